The summed E-state index contributed by atoms with van der Waals surface area (Å²) in [4.78, 5) is 15.5. The van der Waals surface area contributed by atoms with Gasteiger partial charge in [-0.25, -0.2) is 4.98 Å². The fourth-order valence-electron chi connectivity index (χ4n) is 1.10. The highest BCUT2D eigenvalue weighted by Crippen LogP contribution is 2.18. The van der Waals surface area contributed by atoms with Gasteiger partial charge in [0.1, 0.15) is 5.75 Å². The van der Waals surface area contributed by atoms with Crippen molar-refractivity contribution in [3.8, 4) is 5.75 Å². The monoisotopic (exact) mass is 222 g/mol. The molecule has 0 radical (unpaired) electrons. The zero-order valence-corrected chi connectivity index (χ0v) is 9.95. The Balaban J connectivity index is 2.64. The molecule has 0 aliphatic rings. The summed E-state index contributed by atoms with van der Waals surface area (Å²) < 4.78 is 0. The van der Waals surface area contributed by atoms with Crippen LogP contribution in [0.4, 0.5) is 0 Å². The second-order valence-corrected chi connectivity index (χ2v) is 4.57. The van der Waals surface area contributed by atoms with Gasteiger partial charge in [-0.15, -0.1) is 0 Å². The second kappa shape index (κ2) is 4.96. The zero-order chi connectivity index (χ0) is 12.2. The minimum atomic E-state index is -0.334. The number of rotatable bonds is 4. The lowest BCUT2D eigenvalue weighted by molar-refractivity contribution is 0.0927. The Hall–Kier alpha value is -1.58. The van der Waals surface area contributed by atoms with Crippen molar-refractivity contribution in [3.63, 3.8) is 0 Å². The van der Waals surface area contributed by atoms with E-state index in [9.17, 15) is 9.90 Å². The van der Waals surface area contributed by atoms with E-state index in [1.807, 2.05) is 0 Å². The first-order valence-corrected chi connectivity index (χ1v) is 5.38. The normalized spacial score (nSPS) is 11.2. The van der Waals surface area contributed by atoms with Crippen LogP contribution in [0.25, 0.3) is 0 Å². The summed E-state index contributed by atoms with van der Waals surface area (Å²) in [6.07, 6.45) is 2.46. The van der Waals surface area contributed by atoms with E-state index in [0.717, 1.165) is 6.42 Å². The second-order valence-electron chi connectivity index (χ2n) is 4.57. The summed E-state index contributed by atoms with van der Waals surface area (Å²) in [6, 6.07) is 3.04. The Morgan fingerprint density at radius 1 is 1.56 bits per heavy atom. The SMILES string of the molecule is CCC(C)(C)CNC(=O)c1ncccc1O. The molecule has 1 heterocycles. The quantitative estimate of drug-likeness (QED) is 0.818. The first-order valence-electron chi connectivity index (χ1n) is 5.38. The molecule has 1 aromatic rings. The van der Waals surface area contributed by atoms with Crippen LogP contribution in [0.2, 0.25) is 0 Å². The molecule has 0 atom stereocenters. The van der Waals surface area contributed by atoms with Crippen LogP contribution in [0.1, 0.15) is 37.7 Å². The number of aromatic nitrogens is 1. The average molecular weight is 222 g/mol. The third-order valence-corrected chi connectivity index (χ3v) is 2.69. The first kappa shape index (κ1) is 12.5. The molecule has 4 heteroatoms. The minimum Gasteiger partial charge on any atom is -0.505 e. The molecular weight excluding hydrogens is 204 g/mol. The number of carbonyl (C=O) groups excluding carboxylic acids is 1. The van der Waals surface area contributed by atoms with E-state index in [-0.39, 0.29) is 22.8 Å². The van der Waals surface area contributed by atoms with Gasteiger partial charge in [0.15, 0.2) is 5.69 Å². The Bertz CT molecular complexity index is 375. The molecular formula is C12H18N2O2. The number of hydrogen-bond donors (Lipinski definition) is 2. The van der Waals surface area contributed by atoms with Crippen LogP contribution in [0, 0.1) is 5.41 Å². The molecule has 0 fully saturated rings. The summed E-state index contributed by atoms with van der Waals surface area (Å²) in [7, 11) is 0. The van der Waals surface area contributed by atoms with Crippen LogP contribution in [0.3, 0.4) is 0 Å². The number of hydrogen-bond acceptors (Lipinski definition) is 3. The molecule has 0 spiro atoms. The Morgan fingerprint density at radius 3 is 2.81 bits per heavy atom. The Labute approximate surface area is 95.7 Å². The number of amides is 1. The minimum absolute atomic E-state index is 0.0556. The molecule has 2 N–H and O–H groups in total. The molecule has 0 aromatic carbocycles. The summed E-state index contributed by atoms with van der Waals surface area (Å²) >= 11 is 0. The summed E-state index contributed by atoms with van der Waals surface area (Å²) in [5, 5.41) is 12.2. The van der Waals surface area contributed by atoms with Crippen LogP contribution in [0.5, 0.6) is 5.75 Å². The Morgan fingerprint density at radius 2 is 2.25 bits per heavy atom. The molecule has 1 amide bonds. The van der Waals surface area contributed by atoms with Gasteiger partial charge >= 0.3 is 0 Å². The van der Waals surface area contributed by atoms with Crippen molar-refractivity contribution in [2.75, 3.05) is 6.54 Å². The molecule has 16 heavy (non-hydrogen) atoms. The van der Waals surface area contributed by atoms with E-state index >= 15 is 0 Å². The van der Waals surface area contributed by atoms with Gasteiger partial charge in [0, 0.05) is 12.7 Å². The number of pyridine rings is 1. The van der Waals surface area contributed by atoms with Crippen LogP contribution in [0.15, 0.2) is 18.3 Å². The molecule has 88 valence electrons. The van der Waals surface area contributed by atoms with E-state index in [4.69, 9.17) is 0 Å². The third kappa shape index (κ3) is 3.22. The van der Waals surface area contributed by atoms with Gasteiger partial charge < -0.3 is 10.4 Å². The molecule has 4 nitrogen and oxygen atoms in total. The largest absolute Gasteiger partial charge is 0.505 e. The van der Waals surface area contributed by atoms with E-state index in [0.29, 0.717) is 6.54 Å². The lowest BCUT2D eigenvalue weighted by Gasteiger charge is -2.22. The van der Waals surface area contributed by atoms with Crippen molar-refractivity contribution in [3.05, 3.63) is 24.0 Å². The van der Waals surface area contributed by atoms with Gasteiger partial charge in [-0.05, 0) is 24.0 Å². The van der Waals surface area contributed by atoms with Crippen LogP contribution in [-0.4, -0.2) is 22.5 Å². The van der Waals surface area contributed by atoms with Gasteiger partial charge in [-0.2, -0.15) is 0 Å². The zero-order valence-electron chi connectivity index (χ0n) is 9.95. The number of nitrogens with zero attached hydrogens (tertiary/aromatic N) is 1. The van der Waals surface area contributed by atoms with Gasteiger partial charge in [-0.3, -0.25) is 4.79 Å². The number of carbonyl (C=O) groups is 1. The summed E-state index contributed by atoms with van der Waals surface area (Å²) in [5.74, 6) is -0.422. The third-order valence-electron chi connectivity index (χ3n) is 2.69. The fourth-order valence-corrected chi connectivity index (χ4v) is 1.10. The van der Waals surface area contributed by atoms with Crippen molar-refractivity contribution in [1.82, 2.24) is 10.3 Å². The molecule has 1 aromatic heterocycles. The van der Waals surface area contributed by atoms with Crippen molar-refractivity contribution in [2.24, 2.45) is 5.41 Å². The Kier molecular flexibility index (Phi) is 3.88. The highest BCUT2D eigenvalue weighted by molar-refractivity contribution is 5.94. The van der Waals surface area contributed by atoms with Crippen LogP contribution in [-0.2, 0) is 0 Å². The number of nitrogens with one attached hydrogen (secondary N) is 1. The predicted molar refractivity (Wildman–Crippen MR) is 62.3 cm³/mol. The van der Waals surface area contributed by atoms with Crippen molar-refractivity contribution >= 4 is 5.91 Å². The molecule has 0 unspecified atom stereocenters. The summed E-state index contributed by atoms with van der Waals surface area (Å²) in [5.41, 5.74) is 0.134. The lowest BCUT2D eigenvalue weighted by atomic mass is 9.90. The van der Waals surface area contributed by atoms with Crippen molar-refractivity contribution < 1.29 is 9.90 Å². The molecule has 1 rings (SSSR count). The predicted octanol–water partition coefficient (Wildman–Crippen LogP) is 1.95. The molecule has 0 saturated carbocycles. The maximum Gasteiger partial charge on any atom is 0.273 e. The van der Waals surface area contributed by atoms with Crippen molar-refractivity contribution in [2.45, 2.75) is 27.2 Å². The molecule has 0 aliphatic heterocycles. The molecule has 0 saturated heterocycles. The standard InChI is InChI=1S/C12H18N2O2/c1-4-12(2,3)8-14-11(16)10-9(15)6-5-7-13-10/h5-7,15H,4,8H2,1-3H3,(H,14,16). The van der Waals surface area contributed by atoms with Gasteiger partial charge in [0.25, 0.3) is 5.91 Å². The van der Waals surface area contributed by atoms with E-state index < -0.39 is 0 Å². The fraction of sp³-hybridized carbons (Fsp3) is 0.500. The first-order chi connectivity index (χ1) is 7.46. The average Bonchev–Trinajstić information content (AvgIpc) is 2.27. The molecule has 0 bridgehead atoms. The van der Waals surface area contributed by atoms with E-state index in [1.54, 1.807) is 6.07 Å². The van der Waals surface area contributed by atoms with Gasteiger partial charge in [0.2, 0.25) is 0 Å². The van der Waals surface area contributed by atoms with Crippen LogP contribution < -0.4 is 5.32 Å². The maximum atomic E-state index is 11.7. The smallest absolute Gasteiger partial charge is 0.273 e. The van der Waals surface area contributed by atoms with Crippen LogP contribution >= 0.6 is 0 Å². The maximum absolute atomic E-state index is 11.7. The van der Waals surface area contributed by atoms with E-state index in [1.165, 1.54) is 12.3 Å². The van der Waals surface area contributed by atoms with Gasteiger partial charge in [-0.1, -0.05) is 20.8 Å². The number of aromatic hydroxyl groups is 1. The van der Waals surface area contributed by atoms with Gasteiger partial charge in [0.05, 0.1) is 0 Å². The van der Waals surface area contributed by atoms with E-state index in [2.05, 4.69) is 31.1 Å². The highest BCUT2D eigenvalue weighted by Gasteiger charge is 2.18. The topological polar surface area (TPSA) is 62.2 Å². The van der Waals surface area contributed by atoms with Crippen molar-refractivity contribution in [1.29, 1.82) is 0 Å². The summed E-state index contributed by atoms with van der Waals surface area (Å²) in [6.45, 7) is 6.79. The molecule has 0 aliphatic carbocycles. The lowest BCUT2D eigenvalue weighted by Crippen LogP contribution is -2.34. The highest BCUT2D eigenvalue weighted by atomic mass is 16.3.